The number of rotatable bonds is 13. The zero-order valence-electron chi connectivity index (χ0n) is 17.8. The van der Waals surface area contributed by atoms with Gasteiger partial charge in [-0.15, -0.1) is 0 Å². The van der Waals surface area contributed by atoms with E-state index in [0.29, 0.717) is 39.2 Å². The molecule has 29 heavy (non-hydrogen) atoms. The average Bonchev–Trinajstić information content (AvgIpc) is 2.73. The summed E-state index contributed by atoms with van der Waals surface area (Å²) in [6, 6.07) is 14.0. The molecule has 0 spiro atoms. The van der Waals surface area contributed by atoms with E-state index in [4.69, 9.17) is 14.2 Å². The number of hydrogen-bond donors (Lipinski definition) is 1. The molecule has 0 aliphatic carbocycles. The molecule has 0 heterocycles. The highest BCUT2D eigenvalue weighted by molar-refractivity contribution is 5.76. The quantitative estimate of drug-likeness (QED) is 0.502. The second kappa shape index (κ2) is 12.7. The Bertz CT molecular complexity index is 743. The molecule has 0 aliphatic heterocycles. The first-order valence-corrected chi connectivity index (χ1v) is 10.5. The van der Waals surface area contributed by atoms with Gasteiger partial charge in [-0.2, -0.15) is 0 Å². The highest BCUT2D eigenvalue weighted by Crippen LogP contribution is 2.29. The predicted molar refractivity (Wildman–Crippen MR) is 116 cm³/mol. The largest absolute Gasteiger partial charge is 0.494 e. The maximum absolute atomic E-state index is 12.1. The summed E-state index contributed by atoms with van der Waals surface area (Å²) in [5.41, 5.74) is 2.32. The Morgan fingerprint density at radius 3 is 2.14 bits per heavy atom. The molecule has 1 N–H and O–H groups in total. The summed E-state index contributed by atoms with van der Waals surface area (Å²) in [5, 5.41) is 3.01. The Morgan fingerprint density at radius 2 is 1.45 bits per heavy atom. The van der Waals surface area contributed by atoms with Gasteiger partial charge in [0.25, 0.3) is 0 Å². The third-order valence-corrected chi connectivity index (χ3v) is 4.45. The second-order valence-electron chi connectivity index (χ2n) is 6.68. The Kier molecular flexibility index (Phi) is 9.90. The fourth-order valence-corrected chi connectivity index (χ4v) is 3.04. The van der Waals surface area contributed by atoms with Crippen molar-refractivity contribution in [2.75, 3.05) is 26.4 Å². The topological polar surface area (TPSA) is 56.8 Å². The van der Waals surface area contributed by atoms with Crippen LogP contribution in [0.4, 0.5) is 0 Å². The maximum Gasteiger partial charge on any atom is 0.220 e. The summed E-state index contributed by atoms with van der Waals surface area (Å²) in [6.07, 6.45) is 2.99. The van der Waals surface area contributed by atoms with Crippen LogP contribution in [0.3, 0.4) is 0 Å². The lowest BCUT2D eigenvalue weighted by Gasteiger charge is -2.12. The summed E-state index contributed by atoms with van der Waals surface area (Å²) >= 11 is 0. The van der Waals surface area contributed by atoms with Crippen LogP contribution in [0.2, 0.25) is 0 Å². The third-order valence-electron chi connectivity index (χ3n) is 4.45. The first kappa shape index (κ1) is 22.6. The van der Waals surface area contributed by atoms with Crippen molar-refractivity contribution in [2.24, 2.45) is 0 Å². The van der Waals surface area contributed by atoms with E-state index in [1.165, 1.54) is 5.56 Å². The van der Waals surface area contributed by atoms with Gasteiger partial charge in [-0.05, 0) is 75.4 Å². The summed E-state index contributed by atoms with van der Waals surface area (Å²) < 4.78 is 16.7. The standard InChI is InChI=1S/C24H33NO4/c1-4-27-21-13-9-19(10-14-21)8-7-17-25-24(26)16-12-20-11-15-22(28-5-2)23(18-20)29-6-3/h9-11,13-15,18H,4-8,12,16-17H2,1-3H3,(H,25,26). The molecule has 5 nitrogen and oxygen atoms in total. The van der Waals surface area contributed by atoms with Crippen molar-refractivity contribution in [3.05, 3.63) is 53.6 Å². The van der Waals surface area contributed by atoms with E-state index in [9.17, 15) is 4.79 Å². The Labute approximate surface area is 174 Å². The minimum absolute atomic E-state index is 0.0727. The van der Waals surface area contributed by atoms with Crippen molar-refractivity contribution in [3.8, 4) is 17.2 Å². The molecule has 158 valence electrons. The van der Waals surface area contributed by atoms with Crippen molar-refractivity contribution >= 4 is 5.91 Å². The Morgan fingerprint density at radius 1 is 0.793 bits per heavy atom. The fourth-order valence-electron chi connectivity index (χ4n) is 3.04. The van der Waals surface area contributed by atoms with Gasteiger partial charge >= 0.3 is 0 Å². The van der Waals surface area contributed by atoms with Crippen LogP contribution in [0.1, 0.15) is 44.7 Å². The van der Waals surface area contributed by atoms with Gasteiger partial charge in [-0.25, -0.2) is 0 Å². The van der Waals surface area contributed by atoms with E-state index in [2.05, 4.69) is 17.4 Å². The van der Waals surface area contributed by atoms with Crippen LogP contribution in [0.25, 0.3) is 0 Å². The Balaban J connectivity index is 1.70. The molecule has 0 radical (unpaired) electrons. The van der Waals surface area contributed by atoms with E-state index in [1.54, 1.807) is 0 Å². The first-order chi connectivity index (χ1) is 14.2. The lowest BCUT2D eigenvalue weighted by Crippen LogP contribution is -2.25. The van der Waals surface area contributed by atoms with Crippen LogP contribution in [-0.2, 0) is 17.6 Å². The Hall–Kier alpha value is -2.69. The van der Waals surface area contributed by atoms with Crippen LogP contribution in [0.5, 0.6) is 17.2 Å². The van der Waals surface area contributed by atoms with Gasteiger partial charge in [0.15, 0.2) is 11.5 Å². The molecule has 5 heteroatoms. The molecule has 0 aliphatic rings. The molecule has 2 aromatic carbocycles. The molecule has 0 atom stereocenters. The molecule has 2 aromatic rings. The number of carbonyl (C=O) groups is 1. The molecule has 1 amide bonds. The van der Waals surface area contributed by atoms with Crippen molar-refractivity contribution in [2.45, 2.75) is 46.5 Å². The van der Waals surface area contributed by atoms with E-state index >= 15 is 0 Å². The lowest BCUT2D eigenvalue weighted by molar-refractivity contribution is -0.121. The van der Waals surface area contributed by atoms with Gasteiger partial charge in [0.2, 0.25) is 5.91 Å². The van der Waals surface area contributed by atoms with E-state index in [0.717, 1.165) is 35.7 Å². The molecule has 0 aromatic heterocycles. The normalized spacial score (nSPS) is 10.4. The van der Waals surface area contributed by atoms with Crippen LogP contribution >= 0.6 is 0 Å². The van der Waals surface area contributed by atoms with E-state index in [1.807, 2.05) is 51.1 Å². The van der Waals surface area contributed by atoms with Crippen LogP contribution in [0.15, 0.2) is 42.5 Å². The number of carbonyl (C=O) groups excluding carboxylic acids is 1. The molecule has 0 saturated heterocycles. The molecular formula is C24H33NO4. The molecule has 0 unspecified atom stereocenters. The summed E-state index contributed by atoms with van der Waals surface area (Å²) in [5.74, 6) is 2.45. The van der Waals surface area contributed by atoms with Gasteiger partial charge < -0.3 is 19.5 Å². The number of aryl methyl sites for hydroxylation is 2. The maximum atomic E-state index is 12.1. The fraction of sp³-hybridized carbons (Fsp3) is 0.458. The SMILES string of the molecule is CCOc1ccc(CCCNC(=O)CCc2ccc(OCC)c(OCC)c2)cc1. The number of ether oxygens (including phenoxy) is 3. The molecule has 0 bridgehead atoms. The highest BCUT2D eigenvalue weighted by Gasteiger charge is 2.08. The molecule has 2 rings (SSSR count). The predicted octanol–water partition coefficient (Wildman–Crippen LogP) is 4.56. The first-order valence-electron chi connectivity index (χ1n) is 10.5. The monoisotopic (exact) mass is 399 g/mol. The zero-order valence-corrected chi connectivity index (χ0v) is 17.8. The van der Waals surface area contributed by atoms with E-state index in [-0.39, 0.29) is 5.91 Å². The second-order valence-corrected chi connectivity index (χ2v) is 6.68. The van der Waals surface area contributed by atoms with Gasteiger partial charge in [0.05, 0.1) is 19.8 Å². The van der Waals surface area contributed by atoms with Gasteiger partial charge in [-0.3, -0.25) is 4.79 Å². The van der Waals surface area contributed by atoms with Gasteiger partial charge in [0.1, 0.15) is 5.75 Å². The molecule has 0 saturated carbocycles. The highest BCUT2D eigenvalue weighted by atomic mass is 16.5. The van der Waals surface area contributed by atoms with Crippen LogP contribution < -0.4 is 19.5 Å². The van der Waals surface area contributed by atoms with Gasteiger partial charge in [-0.1, -0.05) is 18.2 Å². The summed E-state index contributed by atoms with van der Waals surface area (Å²) in [4.78, 5) is 12.1. The van der Waals surface area contributed by atoms with Crippen LogP contribution in [0, 0.1) is 0 Å². The zero-order chi connectivity index (χ0) is 20.9. The smallest absolute Gasteiger partial charge is 0.220 e. The average molecular weight is 400 g/mol. The summed E-state index contributed by atoms with van der Waals surface area (Å²) in [6.45, 7) is 8.41. The number of amides is 1. The number of hydrogen-bond acceptors (Lipinski definition) is 4. The summed E-state index contributed by atoms with van der Waals surface area (Å²) in [7, 11) is 0. The van der Waals surface area contributed by atoms with E-state index < -0.39 is 0 Å². The lowest BCUT2D eigenvalue weighted by atomic mass is 10.1. The van der Waals surface area contributed by atoms with Crippen molar-refractivity contribution in [1.29, 1.82) is 0 Å². The third kappa shape index (κ3) is 8.06. The van der Waals surface area contributed by atoms with Crippen molar-refractivity contribution < 1.29 is 19.0 Å². The minimum Gasteiger partial charge on any atom is -0.494 e. The minimum atomic E-state index is 0.0727. The number of benzene rings is 2. The van der Waals surface area contributed by atoms with Crippen molar-refractivity contribution in [1.82, 2.24) is 5.32 Å². The van der Waals surface area contributed by atoms with Crippen molar-refractivity contribution in [3.63, 3.8) is 0 Å². The van der Waals surface area contributed by atoms with Gasteiger partial charge in [0, 0.05) is 13.0 Å². The molecule has 0 fully saturated rings. The van der Waals surface area contributed by atoms with Crippen LogP contribution in [-0.4, -0.2) is 32.3 Å². The molecular weight excluding hydrogens is 366 g/mol. The number of nitrogens with one attached hydrogen (secondary N) is 1.